The molecule has 19 heavy (non-hydrogen) atoms. The predicted octanol–water partition coefficient (Wildman–Crippen LogP) is 1.09. The third kappa shape index (κ3) is 3.01. The number of carbonyl (C=O) groups is 1. The number of nitrogen functional groups attached to an aromatic ring is 1. The van der Waals surface area contributed by atoms with E-state index < -0.39 is 5.97 Å². The molecule has 0 aliphatic rings. The molecule has 3 N–H and O–H groups in total. The van der Waals surface area contributed by atoms with Crippen LogP contribution >= 0.6 is 0 Å². The highest BCUT2D eigenvalue weighted by molar-refractivity contribution is 5.98. The van der Waals surface area contributed by atoms with Gasteiger partial charge in [-0.1, -0.05) is 11.2 Å². The first kappa shape index (κ1) is 12.9. The fraction of sp³-hybridized carbons (Fsp3) is 0.250. The molecule has 2 rings (SSSR count). The van der Waals surface area contributed by atoms with Crippen molar-refractivity contribution in [1.29, 1.82) is 0 Å². The van der Waals surface area contributed by atoms with Crippen LogP contribution in [-0.2, 0) is 11.2 Å². The number of nitrogens with zero attached hydrogens (tertiary/aromatic N) is 2. The first-order valence-electron chi connectivity index (χ1n) is 5.68. The van der Waals surface area contributed by atoms with Crippen LogP contribution in [0.1, 0.15) is 16.2 Å². The minimum absolute atomic E-state index is 0.340. The summed E-state index contributed by atoms with van der Waals surface area (Å²) in [4.78, 5) is 15.4. The van der Waals surface area contributed by atoms with Crippen LogP contribution < -0.4 is 11.1 Å². The van der Waals surface area contributed by atoms with Gasteiger partial charge in [0, 0.05) is 13.0 Å². The van der Waals surface area contributed by atoms with Crippen LogP contribution in [0.4, 0.5) is 11.4 Å². The third-order valence-electron chi connectivity index (χ3n) is 2.58. The number of carbonyl (C=O) groups excluding carboxylic acids is 1. The zero-order valence-corrected chi connectivity index (χ0v) is 10.4. The number of nitrogens with one attached hydrogen (secondary N) is 1. The summed E-state index contributed by atoms with van der Waals surface area (Å²) in [5.74, 6) is 0.148. The maximum atomic E-state index is 11.5. The van der Waals surface area contributed by atoms with Gasteiger partial charge in [-0.05, 0) is 12.1 Å². The number of esters is 1. The summed E-state index contributed by atoms with van der Waals surface area (Å²) in [6, 6.07) is 5.14. The minimum Gasteiger partial charge on any atom is -0.465 e. The van der Waals surface area contributed by atoms with E-state index in [1.54, 1.807) is 18.2 Å². The van der Waals surface area contributed by atoms with E-state index in [0.717, 1.165) is 0 Å². The van der Waals surface area contributed by atoms with Crippen LogP contribution in [0.15, 0.2) is 29.1 Å². The second-order valence-electron chi connectivity index (χ2n) is 3.78. The van der Waals surface area contributed by atoms with Gasteiger partial charge in [0.15, 0.2) is 5.82 Å². The van der Waals surface area contributed by atoms with Gasteiger partial charge in [0.2, 0.25) is 6.39 Å². The fourth-order valence-corrected chi connectivity index (χ4v) is 1.62. The number of methoxy groups -OCH3 is 1. The highest BCUT2D eigenvalue weighted by Crippen LogP contribution is 2.23. The van der Waals surface area contributed by atoms with Crippen molar-refractivity contribution in [2.75, 3.05) is 24.7 Å². The van der Waals surface area contributed by atoms with Crippen molar-refractivity contribution >= 4 is 17.3 Å². The molecule has 0 spiro atoms. The lowest BCUT2D eigenvalue weighted by molar-refractivity contribution is 0.0602. The zero-order valence-electron chi connectivity index (χ0n) is 10.4. The predicted molar refractivity (Wildman–Crippen MR) is 68.7 cm³/mol. The average molecular weight is 262 g/mol. The molecular formula is C12H14N4O3. The molecule has 0 atom stereocenters. The molecular weight excluding hydrogens is 248 g/mol. The van der Waals surface area contributed by atoms with E-state index in [1.165, 1.54) is 13.5 Å². The van der Waals surface area contributed by atoms with Gasteiger partial charge in [0.25, 0.3) is 0 Å². The van der Waals surface area contributed by atoms with Crippen LogP contribution in [0.3, 0.4) is 0 Å². The number of ether oxygens (including phenoxy) is 1. The van der Waals surface area contributed by atoms with Crippen LogP contribution in [0.25, 0.3) is 0 Å². The molecule has 0 fully saturated rings. The Morgan fingerprint density at radius 2 is 2.37 bits per heavy atom. The van der Waals surface area contributed by atoms with Crippen molar-refractivity contribution < 1.29 is 14.1 Å². The molecule has 0 bridgehead atoms. The Morgan fingerprint density at radius 1 is 1.53 bits per heavy atom. The molecule has 0 saturated heterocycles. The van der Waals surface area contributed by atoms with Gasteiger partial charge >= 0.3 is 5.97 Å². The van der Waals surface area contributed by atoms with Crippen molar-refractivity contribution in [3.05, 3.63) is 36.0 Å². The first-order chi connectivity index (χ1) is 9.22. The third-order valence-corrected chi connectivity index (χ3v) is 2.58. The second-order valence-corrected chi connectivity index (χ2v) is 3.78. The molecule has 100 valence electrons. The summed E-state index contributed by atoms with van der Waals surface area (Å²) in [6.45, 7) is 0.578. The van der Waals surface area contributed by atoms with Gasteiger partial charge in [-0.2, -0.15) is 4.98 Å². The Morgan fingerprint density at radius 3 is 3.05 bits per heavy atom. The van der Waals surface area contributed by atoms with Crippen LogP contribution in [0.2, 0.25) is 0 Å². The van der Waals surface area contributed by atoms with E-state index in [4.69, 9.17) is 5.73 Å². The summed E-state index contributed by atoms with van der Waals surface area (Å²) in [5.41, 5.74) is 7.28. The van der Waals surface area contributed by atoms with Gasteiger partial charge in [0.1, 0.15) is 0 Å². The Labute approximate surface area is 109 Å². The molecule has 7 heteroatoms. The second kappa shape index (κ2) is 5.85. The molecule has 0 aliphatic heterocycles. The Bertz CT molecular complexity index is 554. The SMILES string of the molecule is COC(=O)c1cccc(NCCc2ncon2)c1N. The number of para-hydroxylation sites is 1. The maximum absolute atomic E-state index is 11.5. The lowest BCUT2D eigenvalue weighted by atomic mass is 10.1. The lowest BCUT2D eigenvalue weighted by Crippen LogP contribution is -2.11. The summed E-state index contributed by atoms with van der Waals surface area (Å²) >= 11 is 0. The number of hydrogen-bond acceptors (Lipinski definition) is 7. The van der Waals surface area contributed by atoms with Crippen LogP contribution in [0.5, 0.6) is 0 Å². The normalized spacial score (nSPS) is 10.2. The van der Waals surface area contributed by atoms with Gasteiger partial charge in [-0.25, -0.2) is 4.79 Å². The van der Waals surface area contributed by atoms with Gasteiger partial charge in [-0.3, -0.25) is 0 Å². The maximum Gasteiger partial charge on any atom is 0.340 e. The topological polar surface area (TPSA) is 103 Å². The highest BCUT2D eigenvalue weighted by Gasteiger charge is 2.12. The summed E-state index contributed by atoms with van der Waals surface area (Å²) in [7, 11) is 1.32. The van der Waals surface area contributed by atoms with E-state index in [1.807, 2.05) is 0 Å². The molecule has 0 radical (unpaired) electrons. The standard InChI is InChI=1S/C12H14N4O3/c1-18-12(17)8-3-2-4-9(11(8)13)14-6-5-10-15-7-19-16-10/h2-4,7,14H,5-6,13H2,1H3. The molecule has 0 aliphatic carbocycles. The quantitative estimate of drug-likeness (QED) is 0.614. The monoisotopic (exact) mass is 262 g/mol. The largest absolute Gasteiger partial charge is 0.465 e. The van der Waals surface area contributed by atoms with Crippen molar-refractivity contribution in [3.8, 4) is 0 Å². The van der Waals surface area contributed by atoms with Gasteiger partial charge < -0.3 is 20.3 Å². The molecule has 7 nitrogen and oxygen atoms in total. The van der Waals surface area contributed by atoms with Gasteiger partial charge in [-0.15, -0.1) is 0 Å². The molecule has 0 saturated carbocycles. The average Bonchev–Trinajstić information content (AvgIpc) is 2.93. The number of benzene rings is 1. The number of nitrogens with two attached hydrogens (primary N) is 1. The van der Waals surface area contributed by atoms with E-state index in [2.05, 4.69) is 24.7 Å². The Balaban J connectivity index is 2.02. The van der Waals surface area contributed by atoms with E-state index in [9.17, 15) is 4.79 Å². The van der Waals surface area contributed by atoms with Crippen LogP contribution in [-0.4, -0.2) is 29.8 Å². The summed E-state index contributed by atoms with van der Waals surface area (Å²) in [6.07, 6.45) is 1.87. The van der Waals surface area contributed by atoms with Crippen molar-refractivity contribution in [2.45, 2.75) is 6.42 Å². The van der Waals surface area contributed by atoms with E-state index in [0.29, 0.717) is 35.7 Å². The number of hydrogen-bond donors (Lipinski definition) is 2. The number of rotatable bonds is 5. The van der Waals surface area contributed by atoms with Crippen molar-refractivity contribution in [3.63, 3.8) is 0 Å². The molecule has 1 aromatic carbocycles. The zero-order chi connectivity index (χ0) is 13.7. The van der Waals surface area contributed by atoms with Gasteiger partial charge in [0.05, 0.1) is 24.0 Å². The lowest BCUT2D eigenvalue weighted by Gasteiger charge is -2.11. The van der Waals surface area contributed by atoms with E-state index >= 15 is 0 Å². The number of aromatic nitrogens is 2. The molecule has 1 aromatic heterocycles. The Kier molecular flexibility index (Phi) is 3.97. The highest BCUT2D eigenvalue weighted by atomic mass is 16.5. The minimum atomic E-state index is -0.459. The molecule has 2 aromatic rings. The number of anilines is 2. The fourth-order valence-electron chi connectivity index (χ4n) is 1.62. The molecule has 0 unspecified atom stereocenters. The van der Waals surface area contributed by atoms with Crippen LogP contribution in [0, 0.1) is 0 Å². The first-order valence-corrected chi connectivity index (χ1v) is 5.68. The van der Waals surface area contributed by atoms with E-state index in [-0.39, 0.29) is 0 Å². The summed E-state index contributed by atoms with van der Waals surface area (Å²) < 4.78 is 9.29. The summed E-state index contributed by atoms with van der Waals surface area (Å²) in [5, 5.41) is 6.81. The molecule has 1 heterocycles. The van der Waals surface area contributed by atoms with Crippen molar-refractivity contribution in [1.82, 2.24) is 10.1 Å². The van der Waals surface area contributed by atoms with Crippen molar-refractivity contribution in [2.24, 2.45) is 0 Å². The smallest absolute Gasteiger partial charge is 0.340 e. The Hall–Kier alpha value is -2.57. The molecule has 0 amide bonds.